The number of rotatable bonds is 4. The summed E-state index contributed by atoms with van der Waals surface area (Å²) < 4.78 is 20.2. The van der Waals surface area contributed by atoms with Gasteiger partial charge in [-0.3, -0.25) is 0 Å². The van der Waals surface area contributed by atoms with Crippen LogP contribution in [0, 0.1) is 31.0 Å². The Morgan fingerprint density at radius 3 is 2.71 bits per heavy atom. The molecule has 28 heavy (non-hydrogen) atoms. The zero-order chi connectivity index (χ0) is 19.7. The third kappa shape index (κ3) is 3.23. The Bertz CT molecular complexity index is 1200. The quantitative estimate of drug-likeness (QED) is 0.467. The van der Waals surface area contributed by atoms with Crippen molar-refractivity contribution in [2.45, 2.75) is 13.8 Å². The van der Waals surface area contributed by atoms with Crippen LogP contribution in [-0.4, -0.2) is 19.9 Å². The SMILES string of the molecule is Cc1nn(-c2ccc(F)cc2)c(C)c1/C=C(\C#N)c1nc(-c2cccs2)no1. The number of allylic oxidation sites excluding steroid dienone is 1. The highest BCUT2D eigenvalue weighted by atomic mass is 32.1. The van der Waals surface area contributed by atoms with Crippen LogP contribution < -0.4 is 0 Å². The van der Waals surface area contributed by atoms with Crippen LogP contribution in [0.3, 0.4) is 0 Å². The molecule has 0 amide bonds. The smallest absolute Gasteiger partial charge is 0.268 e. The Hall–Kier alpha value is -3.57. The summed E-state index contributed by atoms with van der Waals surface area (Å²) in [6.07, 6.45) is 1.68. The molecule has 0 saturated carbocycles. The highest BCUT2D eigenvalue weighted by molar-refractivity contribution is 7.13. The van der Waals surface area contributed by atoms with Gasteiger partial charge in [0.15, 0.2) is 0 Å². The van der Waals surface area contributed by atoms with Crippen LogP contribution in [0.1, 0.15) is 22.8 Å². The van der Waals surface area contributed by atoms with Gasteiger partial charge in [-0.15, -0.1) is 11.3 Å². The molecule has 0 atom stereocenters. The fourth-order valence-corrected chi connectivity index (χ4v) is 3.47. The van der Waals surface area contributed by atoms with Gasteiger partial charge in [-0.05, 0) is 55.6 Å². The molecule has 4 aromatic rings. The van der Waals surface area contributed by atoms with Crippen LogP contribution in [0.15, 0.2) is 46.3 Å². The zero-order valence-electron chi connectivity index (χ0n) is 15.0. The van der Waals surface area contributed by atoms with Gasteiger partial charge in [-0.25, -0.2) is 9.07 Å². The average Bonchev–Trinajstić information content (AvgIpc) is 3.43. The first kappa shape index (κ1) is 17.8. The van der Waals surface area contributed by atoms with Gasteiger partial charge in [0.2, 0.25) is 5.82 Å². The van der Waals surface area contributed by atoms with Gasteiger partial charge >= 0.3 is 0 Å². The fourth-order valence-electron chi connectivity index (χ4n) is 2.82. The standard InChI is InChI=1S/C20H14FN5OS/c1-12-17(13(2)26(24-12)16-7-5-15(21)6-8-16)10-14(11-22)20-23-19(25-27-20)18-4-3-9-28-18/h3-10H,1-2H3/b14-10+. The summed E-state index contributed by atoms with van der Waals surface area (Å²) in [6, 6.07) is 12.0. The van der Waals surface area contributed by atoms with Crippen LogP contribution in [-0.2, 0) is 0 Å². The summed E-state index contributed by atoms with van der Waals surface area (Å²) in [7, 11) is 0. The van der Waals surface area contributed by atoms with E-state index in [4.69, 9.17) is 4.52 Å². The van der Waals surface area contributed by atoms with E-state index in [2.05, 4.69) is 21.3 Å². The largest absolute Gasteiger partial charge is 0.333 e. The number of hydrogen-bond donors (Lipinski definition) is 0. The van der Waals surface area contributed by atoms with Crippen molar-refractivity contribution in [3.05, 3.63) is 70.4 Å². The van der Waals surface area contributed by atoms with Crippen LogP contribution in [0.5, 0.6) is 0 Å². The second-order valence-electron chi connectivity index (χ2n) is 6.04. The van der Waals surface area contributed by atoms with Gasteiger partial charge in [0.25, 0.3) is 5.89 Å². The predicted molar refractivity (Wildman–Crippen MR) is 104 cm³/mol. The maximum atomic E-state index is 13.2. The number of benzene rings is 1. The normalized spacial score (nSPS) is 11.6. The van der Waals surface area contributed by atoms with E-state index >= 15 is 0 Å². The summed E-state index contributed by atoms with van der Waals surface area (Å²) in [4.78, 5) is 5.19. The second kappa shape index (κ2) is 7.21. The third-order valence-corrected chi connectivity index (χ3v) is 5.09. The second-order valence-corrected chi connectivity index (χ2v) is 6.99. The van der Waals surface area contributed by atoms with Gasteiger partial charge in [-0.1, -0.05) is 11.2 Å². The monoisotopic (exact) mass is 391 g/mol. The lowest BCUT2D eigenvalue weighted by molar-refractivity contribution is 0.409. The maximum Gasteiger partial charge on any atom is 0.268 e. The van der Waals surface area contributed by atoms with Gasteiger partial charge in [0, 0.05) is 11.3 Å². The van der Waals surface area contributed by atoms with Gasteiger partial charge < -0.3 is 4.52 Å². The number of thiophene rings is 1. The topological polar surface area (TPSA) is 80.5 Å². The Morgan fingerprint density at radius 2 is 2.04 bits per heavy atom. The summed E-state index contributed by atoms with van der Waals surface area (Å²) in [5.74, 6) is 0.288. The molecule has 0 spiro atoms. The maximum absolute atomic E-state index is 13.2. The molecule has 6 nitrogen and oxygen atoms in total. The van der Waals surface area contributed by atoms with Crippen molar-refractivity contribution >= 4 is 23.0 Å². The fraction of sp³-hybridized carbons (Fsp3) is 0.100. The van der Waals surface area contributed by atoms with Gasteiger partial charge in [0.1, 0.15) is 17.5 Å². The lowest BCUT2D eigenvalue weighted by Gasteiger charge is -2.04. The molecule has 0 radical (unpaired) electrons. The summed E-state index contributed by atoms with van der Waals surface area (Å²) in [6.45, 7) is 3.73. The number of halogens is 1. The number of aromatic nitrogens is 4. The van der Waals surface area contributed by atoms with Crippen molar-refractivity contribution in [1.82, 2.24) is 19.9 Å². The molecule has 138 valence electrons. The van der Waals surface area contributed by atoms with E-state index < -0.39 is 0 Å². The molecule has 3 aromatic heterocycles. The van der Waals surface area contributed by atoms with Crippen LogP contribution >= 0.6 is 11.3 Å². The first-order chi connectivity index (χ1) is 13.6. The van der Waals surface area contributed by atoms with Crippen molar-refractivity contribution in [2.75, 3.05) is 0 Å². The highest BCUT2D eigenvalue weighted by Crippen LogP contribution is 2.26. The van der Waals surface area contributed by atoms with Gasteiger partial charge in [0.05, 0.1) is 16.3 Å². The molecule has 0 fully saturated rings. The van der Waals surface area contributed by atoms with Crippen molar-refractivity contribution in [1.29, 1.82) is 5.26 Å². The molecule has 3 heterocycles. The van der Waals surface area contributed by atoms with E-state index in [1.165, 1.54) is 23.5 Å². The molecule has 0 aliphatic heterocycles. The van der Waals surface area contributed by atoms with Crippen molar-refractivity contribution in [2.24, 2.45) is 0 Å². The van der Waals surface area contributed by atoms with E-state index in [9.17, 15) is 9.65 Å². The van der Waals surface area contributed by atoms with Crippen molar-refractivity contribution in [3.63, 3.8) is 0 Å². The van der Waals surface area contributed by atoms with E-state index in [1.54, 1.807) is 22.9 Å². The van der Waals surface area contributed by atoms with E-state index in [0.29, 0.717) is 5.82 Å². The minimum absolute atomic E-state index is 0.152. The van der Waals surface area contributed by atoms with E-state index in [1.807, 2.05) is 31.4 Å². The lowest BCUT2D eigenvalue weighted by atomic mass is 10.1. The minimum atomic E-state index is -0.310. The Kier molecular flexibility index (Phi) is 4.59. The molecular weight excluding hydrogens is 377 g/mol. The molecule has 0 unspecified atom stereocenters. The number of hydrogen-bond acceptors (Lipinski definition) is 6. The highest BCUT2D eigenvalue weighted by Gasteiger charge is 2.17. The molecule has 0 bridgehead atoms. The van der Waals surface area contributed by atoms with E-state index in [-0.39, 0.29) is 17.3 Å². The number of nitrogens with zero attached hydrogens (tertiary/aromatic N) is 5. The molecule has 1 aromatic carbocycles. The van der Waals surface area contributed by atoms with Crippen molar-refractivity contribution in [3.8, 4) is 22.5 Å². The summed E-state index contributed by atoms with van der Waals surface area (Å²) >= 11 is 1.49. The molecule has 0 aliphatic rings. The minimum Gasteiger partial charge on any atom is -0.333 e. The Morgan fingerprint density at radius 1 is 1.25 bits per heavy atom. The van der Waals surface area contributed by atoms with Crippen LogP contribution in [0.25, 0.3) is 28.0 Å². The van der Waals surface area contributed by atoms with Crippen LogP contribution in [0.4, 0.5) is 4.39 Å². The Balaban J connectivity index is 1.73. The number of aryl methyl sites for hydroxylation is 1. The lowest BCUT2D eigenvalue weighted by Crippen LogP contribution is -1.99. The van der Waals surface area contributed by atoms with Crippen LogP contribution in [0.2, 0.25) is 0 Å². The average molecular weight is 391 g/mol. The Labute approximate surface area is 164 Å². The molecule has 4 rings (SSSR count). The summed E-state index contributed by atoms with van der Waals surface area (Å²) in [5.41, 5.74) is 3.30. The van der Waals surface area contributed by atoms with Crippen molar-refractivity contribution < 1.29 is 8.91 Å². The first-order valence-electron chi connectivity index (χ1n) is 8.38. The number of nitriles is 1. The predicted octanol–water partition coefficient (Wildman–Crippen LogP) is 4.80. The van der Waals surface area contributed by atoms with E-state index in [0.717, 1.165) is 27.5 Å². The molecular formula is C20H14FN5OS. The summed E-state index contributed by atoms with van der Waals surface area (Å²) in [5, 5.41) is 20.0. The third-order valence-electron chi connectivity index (χ3n) is 4.23. The zero-order valence-corrected chi connectivity index (χ0v) is 15.9. The molecule has 8 heteroatoms. The molecule has 0 aliphatic carbocycles. The molecule has 0 N–H and O–H groups in total. The molecule has 0 saturated heterocycles. The first-order valence-corrected chi connectivity index (χ1v) is 9.26. The van der Waals surface area contributed by atoms with Gasteiger partial charge in [-0.2, -0.15) is 15.3 Å².